The third-order valence-electron chi connectivity index (χ3n) is 8.92. The second kappa shape index (κ2) is 12.1. The van der Waals surface area contributed by atoms with E-state index >= 15 is 0 Å². The van der Waals surface area contributed by atoms with Crippen molar-refractivity contribution in [2.45, 2.75) is 96.4 Å². The topological polar surface area (TPSA) is 18.5 Å². The number of alkyl halides is 3. The van der Waals surface area contributed by atoms with Gasteiger partial charge >= 0.3 is 13.3 Å². The molecule has 220 valence electrons. The van der Waals surface area contributed by atoms with Crippen molar-refractivity contribution in [2.24, 2.45) is 0 Å². The predicted molar refractivity (Wildman–Crippen MR) is 160 cm³/mol. The summed E-state index contributed by atoms with van der Waals surface area (Å²) < 4.78 is 64.4. The molecule has 3 aromatic carbocycles. The zero-order valence-electron chi connectivity index (χ0n) is 24.2. The smallest absolute Gasteiger partial charge is 0.399 e. The lowest BCUT2D eigenvalue weighted by atomic mass is 9.72. The van der Waals surface area contributed by atoms with Gasteiger partial charge in [-0.1, -0.05) is 42.5 Å². The van der Waals surface area contributed by atoms with Crippen LogP contribution in [0.25, 0.3) is 11.1 Å². The lowest BCUT2D eigenvalue weighted by molar-refractivity contribution is -0.137. The predicted octanol–water partition coefficient (Wildman–Crippen LogP) is 8.68. The molecular weight excluding hydrogens is 551 g/mol. The number of rotatable bonds is 2. The van der Waals surface area contributed by atoms with Gasteiger partial charge in [-0.05, 0) is 124 Å². The van der Waals surface area contributed by atoms with Gasteiger partial charge in [0.05, 0.1) is 16.8 Å². The highest BCUT2D eigenvalue weighted by Gasteiger charge is 2.52. The van der Waals surface area contributed by atoms with E-state index in [0.29, 0.717) is 6.07 Å². The summed E-state index contributed by atoms with van der Waals surface area (Å²) in [6, 6.07) is 15.0. The monoisotopic (exact) mass is 588 g/mol. The molecule has 0 atom stereocenters. The van der Waals surface area contributed by atoms with Crippen LogP contribution in [0.3, 0.4) is 0 Å². The maximum absolute atomic E-state index is 14.1. The van der Waals surface area contributed by atoms with E-state index in [4.69, 9.17) is 9.31 Å². The highest BCUT2D eigenvalue weighted by molar-refractivity contribution is 6.62. The first-order valence-corrected chi connectivity index (χ1v) is 14.3. The molecule has 2 nitrogen and oxygen atoms in total. The Bertz CT molecular complexity index is 1370. The maximum atomic E-state index is 14.1. The molecule has 1 fully saturated rings. The van der Waals surface area contributed by atoms with E-state index in [9.17, 15) is 17.6 Å². The van der Waals surface area contributed by atoms with Gasteiger partial charge in [-0.15, -0.1) is 12.4 Å². The first kappa shape index (κ1) is 31.6. The fourth-order valence-electron chi connectivity index (χ4n) is 5.95. The number of hydrogen-bond acceptors (Lipinski definition) is 2. The summed E-state index contributed by atoms with van der Waals surface area (Å²) in [5, 5.41) is 0. The van der Waals surface area contributed by atoms with Gasteiger partial charge in [0.2, 0.25) is 0 Å². The average Bonchev–Trinajstić information content (AvgIpc) is 3.14. The van der Waals surface area contributed by atoms with Crippen LogP contribution in [-0.2, 0) is 41.2 Å². The summed E-state index contributed by atoms with van der Waals surface area (Å²) in [6.07, 6.45) is 4.37. The molecule has 0 amide bonds. The Hall–Kier alpha value is -2.35. The Morgan fingerprint density at radius 2 is 1.22 bits per heavy atom. The van der Waals surface area contributed by atoms with Gasteiger partial charge in [-0.2, -0.15) is 13.2 Å². The van der Waals surface area contributed by atoms with Gasteiger partial charge in [-0.25, -0.2) is 4.39 Å². The third-order valence-corrected chi connectivity index (χ3v) is 8.92. The van der Waals surface area contributed by atoms with Crippen LogP contribution in [0.1, 0.15) is 81.2 Å². The lowest BCUT2D eigenvalue weighted by Gasteiger charge is -2.32. The zero-order valence-corrected chi connectivity index (χ0v) is 25.0. The highest BCUT2D eigenvalue weighted by Crippen LogP contribution is 2.38. The van der Waals surface area contributed by atoms with E-state index in [1.54, 1.807) is 6.07 Å². The van der Waals surface area contributed by atoms with E-state index in [1.165, 1.54) is 47.5 Å². The van der Waals surface area contributed by atoms with Crippen molar-refractivity contribution in [2.75, 3.05) is 0 Å². The quantitative estimate of drug-likeness (QED) is 0.220. The normalized spacial score (nSPS) is 18.9. The van der Waals surface area contributed by atoms with Crippen molar-refractivity contribution >= 4 is 25.0 Å². The summed E-state index contributed by atoms with van der Waals surface area (Å²) >= 11 is 0. The minimum atomic E-state index is -4.52. The van der Waals surface area contributed by atoms with Gasteiger partial charge < -0.3 is 9.31 Å². The molecule has 0 saturated carbocycles. The Kier molecular flexibility index (Phi) is 9.32. The summed E-state index contributed by atoms with van der Waals surface area (Å²) in [5.74, 6) is -0.816. The van der Waals surface area contributed by atoms with Gasteiger partial charge in [0.1, 0.15) is 5.82 Å². The van der Waals surface area contributed by atoms with E-state index in [1.807, 2.05) is 12.1 Å². The fraction of sp³-hybridized carbons (Fsp3) is 0.455. The standard InChI is InChI=1S/C17H14F4.C16H23BO2.ClH/c18-16-10-12(17(19,20)21)8-9-15(16)14-7-3-5-11-4-1-2-6-13(11)14;1-15(2)16(3,4)19-17(18-15)14-11-7-9-12-8-5-6-10-13(12)14;/h3,5,7-10H,1-2,4,6H2;7,9,11H,5-6,8,10H2,1-4H3;1H. The van der Waals surface area contributed by atoms with Crippen molar-refractivity contribution in [3.8, 4) is 11.1 Å². The first-order valence-electron chi connectivity index (χ1n) is 14.3. The Morgan fingerprint density at radius 3 is 1.80 bits per heavy atom. The average molecular weight is 589 g/mol. The van der Waals surface area contributed by atoms with Crippen LogP contribution in [0, 0.1) is 5.82 Å². The van der Waals surface area contributed by atoms with Gasteiger partial charge in [0.15, 0.2) is 0 Å². The van der Waals surface area contributed by atoms with Crippen LogP contribution in [0.4, 0.5) is 17.6 Å². The summed E-state index contributed by atoms with van der Waals surface area (Å²) in [7, 11) is -0.210. The molecule has 41 heavy (non-hydrogen) atoms. The number of aryl methyl sites for hydroxylation is 2. The Morgan fingerprint density at radius 1 is 0.683 bits per heavy atom. The largest absolute Gasteiger partial charge is 0.495 e. The molecule has 0 bridgehead atoms. The SMILES string of the molecule is CC1(C)OB(c2cccc3c2CCCC3)OC1(C)C.Cl.Fc1cc(C(F)(F)F)ccc1-c1cccc2c1CCCC2. The molecule has 0 unspecified atom stereocenters. The van der Waals surface area contributed by atoms with Crippen molar-refractivity contribution in [1.29, 1.82) is 0 Å². The van der Waals surface area contributed by atoms with E-state index in [0.717, 1.165) is 49.3 Å². The van der Waals surface area contributed by atoms with E-state index < -0.39 is 17.6 Å². The van der Waals surface area contributed by atoms with Gasteiger partial charge in [0, 0.05) is 5.56 Å². The molecule has 1 saturated heterocycles. The maximum Gasteiger partial charge on any atom is 0.495 e. The van der Waals surface area contributed by atoms with E-state index in [-0.39, 0.29) is 36.3 Å². The fourth-order valence-corrected chi connectivity index (χ4v) is 5.95. The molecule has 3 aromatic rings. The summed E-state index contributed by atoms with van der Waals surface area (Å²) in [6.45, 7) is 8.45. The Labute approximate surface area is 247 Å². The highest BCUT2D eigenvalue weighted by atomic mass is 35.5. The second-order valence-electron chi connectivity index (χ2n) is 12.1. The van der Waals surface area contributed by atoms with Crippen molar-refractivity contribution < 1.29 is 26.9 Å². The lowest BCUT2D eigenvalue weighted by Crippen LogP contribution is -2.41. The molecule has 6 rings (SSSR count). The summed E-state index contributed by atoms with van der Waals surface area (Å²) in [4.78, 5) is 0. The number of hydrogen-bond donors (Lipinski definition) is 0. The zero-order chi connectivity index (χ0) is 28.7. The molecule has 0 aromatic heterocycles. The van der Waals surface area contributed by atoms with Crippen LogP contribution in [0.15, 0.2) is 54.6 Å². The van der Waals surface area contributed by atoms with Gasteiger partial charge in [-0.3, -0.25) is 0 Å². The molecule has 1 heterocycles. The van der Waals surface area contributed by atoms with Crippen molar-refractivity contribution in [3.63, 3.8) is 0 Å². The van der Waals surface area contributed by atoms with E-state index in [2.05, 4.69) is 45.9 Å². The van der Waals surface area contributed by atoms with Crippen LogP contribution >= 0.6 is 12.4 Å². The molecule has 0 radical (unpaired) electrons. The van der Waals surface area contributed by atoms with Crippen molar-refractivity contribution in [1.82, 2.24) is 0 Å². The van der Waals surface area contributed by atoms with Crippen LogP contribution < -0.4 is 5.46 Å². The summed E-state index contributed by atoms with van der Waals surface area (Å²) in [5.41, 5.74) is 5.96. The minimum absolute atomic E-state index is 0. The molecule has 0 spiro atoms. The molecule has 8 heteroatoms. The first-order chi connectivity index (χ1) is 18.9. The van der Waals surface area contributed by atoms with Crippen LogP contribution in [-0.4, -0.2) is 18.3 Å². The number of halogens is 5. The van der Waals surface area contributed by atoms with Crippen LogP contribution in [0.2, 0.25) is 0 Å². The molecule has 0 N–H and O–H groups in total. The van der Waals surface area contributed by atoms with Crippen molar-refractivity contribution in [3.05, 3.63) is 88.2 Å². The van der Waals surface area contributed by atoms with Gasteiger partial charge in [0.25, 0.3) is 0 Å². The molecule has 2 aliphatic carbocycles. The second-order valence-corrected chi connectivity index (χ2v) is 12.1. The number of benzene rings is 3. The van der Waals surface area contributed by atoms with Crippen LogP contribution in [0.5, 0.6) is 0 Å². The minimum Gasteiger partial charge on any atom is -0.399 e. The number of fused-ring (bicyclic) bond motifs is 2. The third kappa shape index (κ3) is 6.52. The molecular formula is C33H38BClF4O2. The Balaban J connectivity index is 0.000000185. The molecule has 3 aliphatic rings. The molecule has 1 aliphatic heterocycles.